The third-order valence-corrected chi connectivity index (χ3v) is 6.28. The molecule has 2 heterocycles. The van der Waals surface area contributed by atoms with Crippen molar-refractivity contribution in [1.29, 1.82) is 0 Å². The lowest BCUT2D eigenvalue weighted by Gasteiger charge is -2.10. The number of hydrogen-bond donors (Lipinski definition) is 0. The number of halogens is 4. The Morgan fingerprint density at radius 3 is 2.24 bits per heavy atom. The van der Waals surface area contributed by atoms with E-state index in [0.29, 0.717) is 15.8 Å². The third kappa shape index (κ3) is 4.59. The molecule has 0 amide bonds. The number of benzene rings is 3. The van der Waals surface area contributed by atoms with Crippen molar-refractivity contribution in [1.82, 2.24) is 14.4 Å². The summed E-state index contributed by atoms with van der Waals surface area (Å²) in [7, 11) is 1.65. The van der Waals surface area contributed by atoms with Crippen molar-refractivity contribution in [2.24, 2.45) is 0 Å². The number of nitrogens with zero attached hydrogens (tertiary/aromatic N) is 3. The molecular weight excluding hydrogens is 545 g/mol. The fourth-order valence-corrected chi connectivity index (χ4v) is 4.38. The first kappa shape index (κ1) is 23.6. The van der Waals surface area contributed by atoms with Crippen molar-refractivity contribution in [2.45, 2.75) is 0 Å². The average molecular weight is 562 g/mol. The van der Waals surface area contributed by atoms with Crippen molar-refractivity contribution >= 4 is 57.3 Å². The van der Waals surface area contributed by atoms with Crippen LogP contribution >= 0.6 is 51.5 Å². The van der Waals surface area contributed by atoms with Crippen LogP contribution in [0.5, 0.6) is 5.75 Å². The number of fused-ring (bicyclic) bond motifs is 1. The largest absolute Gasteiger partial charge is 0.497 e. The molecule has 8 heteroatoms. The maximum atomic E-state index is 6.63. The Balaban J connectivity index is 0.00000259. The van der Waals surface area contributed by atoms with Crippen molar-refractivity contribution in [3.05, 3.63) is 93.6 Å². The second-order valence-corrected chi connectivity index (χ2v) is 8.94. The van der Waals surface area contributed by atoms with E-state index in [0.717, 1.165) is 43.9 Å². The molecular formula is C25H17BrCl3N3O. The molecule has 5 rings (SSSR count). The maximum Gasteiger partial charge on any atom is 0.234 e. The first-order valence-corrected chi connectivity index (χ1v) is 11.3. The predicted octanol–water partition coefficient (Wildman–Crippen LogP) is 8.23. The smallest absolute Gasteiger partial charge is 0.234 e. The van der Waals surface area contributed by atoms with Gasteiger partial charge in [-0.3, -0.25) is 4.40 Å². The monoisotopic (exact) mass is 559 g/mol. The van der Waals surface area contributed by atoms with Crippen LogP contribution < -0.4 is 4.74 Å². The average Bonchev–Trinajstić information content (AvgIpc) is 3.18. The summed E-state index contributed by atoms with van der Waals surface area (Å²) >= 11 is 16.3. The standard InChI is InChI=1S/C25H16BrCl2N3O.ClH/c1-32-20-9-4-15(5-10-20)17-13-29-25-30-23(16-2-6-18(26)7-3-16)24(31(25)14-17)21-11-8-19(27)12-22(21)28;/h2-14H,1H3;1H. The van der Waals surface area contributed by atoms with E-state index in [1.54, 1.807) is 13.2 Å². The Bertz CT molecular complexity index is 1430. The van der Waals surface area contributed by atoms with E-state index in [1.165, 1.54) is 0 Å². The van der Waals surface area contributed by atoms with Crippen LogP contribution in [0.15, 0.2) is 83.6 Å². The summed E-state index contributed by atoms with van der Waals surface area (Å²) in [6.45, 7) is 0. The molecule has 0 atom stereocenters. The Hall–Kier alpha value is -2.57. The second-order valence-electron chi connectivity index (χ2n) is 7.18. The zero-order valence-electron chi connectivity index (χ0n) is 17.3. The van der Waals surface area contributed by atoms with Gasteiger partial charge in [-0.05, 0) is 48.0 Å². The van der Waals surface area contributed by atoms with Gasteiger partial charge in [-0.2, -0.15) is 0 Å². The van der Waals surface area contributed by atoms with Crippen molar-refractivity contribution in [3.63, 3.8) is 0 Å². The van der Waals surface area contributed by atoms with E-state index in [2.05, 4.69) is 20.9 Å². The summed E-state index contributed by atoms with van der Waals surface area (Å²) in [6.07, 6.45) is 3.85. The summed E-state index contributed by atoms with van der Waals surface area (Å²) in [5, 5.41) is 1.13. The third-order valence-electron chi connectivity index (χ3n) is 5.21. The molecule has 3 aromatic carbocycles. The lowest BCUT2D eigenvalue weighted by atomic mass is 10.0. The number of ether oxygens (including phenoxy) is 1. The predicted molar refractivity (Wildman–Crippen MR) is 141 cm³/mol. The molecule has 0 saturated carbocycles. The minimum atomic E-state index is 0. The number of methoxy groups -OCH3 is 1. The number of aromatic nitrogens is 3. The molecule has 0 bridgehead atoms. The Morgan fingerprint density at radius 1 is 0.879 bits per heavy atom. The van der Waals surface area contributed by atoms with E-state index in [-0.39, 0.29) is 12.4 Å². The summed E-state index contributed by atoms with van der Waals surface area (Å²) in [4.78, 5) is 9.48. The number of imidazole rings is 1. The molecule has 166 valence electrons. The van der Waals surface area contributed by atoms with Gasteiger partial charge < -0.3 is 4.74 Å². The lowest BCUT2D eigenvalue weighted by molar-refractivity contribution is 0.415. The van der Waals surface area contributed by atoms with Crippen LogP contribution in [-0.4, -0.2) is 21.5 Å². The normalized spacial score (nSPS) is 10.8. The molecule has 4 nitrogen and oxygen atoms in total. The molecule has 0 unspecified atom stereocenters. The molecule has 0 aliphatic rings. The second kappa shape index (κ2) is 9.74. The molecule has 0 N–H and O–H groups in total. The van der Waals surface area contributed by atoms with Gasteiger partial charge in [-0.25, -0.2) is 9.97 Å². The highest BCUT2D eigenvalue weighted by atomic mass is 79.9. The van der Waals surface area contributed by atoms with E-state index >= 15 is 0 Å². The van der Waals surface area contributed by atoms with Crippen LogP contribution in [0.4, 0.5) is 0 Å². The molecule has 0 saturated heterocycles. The highest BCUT2D eigenvalue weighted by molar-refractivity contribution is 9.10. The van der Waals surface area contributed by atoms with Crippen LogP contribution in [0, 0.1) is 0 Å². The summed E-state index contributed by atoms with van der Waals surface area (Å²) in [5.74, 6) is 1.39. The molecule has 2 aromatic heterocycles. The van der Waals surface area contributed by atoms with E-state index in [4.69, 9.17) is 32.9 Å². The van der Waals surface area contributed by atoms with Gasteiger partial charge in [0.05, 0.1) is 23.5 Å². The molecule has 0 aliphatic heterocycles. The van der Waals surface area contributed by atoms with Gasteiger partial charge in [0.1, 0.15) is 5.75 Å². The van der Waals surface area contributed by atoms with E-state index in [1.807, 2.05) is 77.5 Å². The Labute approximate surface area is 215 Å². The Kier molecular flexibility index (Phi) is 6.96. The van der Waals surface area contributed by atoms with Crippen LogP contribution in [0.1, 0.15) is 0 Å². The van der Waals surface area contributed by atoms with E-state index in [9.17, 15) is 0 Å². The van der Waals surface area contributed by atoms with Gasteiger partial charge in [-0.15, -0.1) is 12.4 Å². The summed E-state index contributed by atoms with van der Waals surface area (Å²) in [5.41, 5.74) is 5.41. The summed E-state index contributed by atoms with van der Waals surface area (Å²) in [6, 6.07) is 21.4. The maximum absolute atomic E-state index is 6.63. The highest BCUT2D eigenvalue weighted by Crippen LogP contribution is 2.38. The minimum absolute atomic E-state index is 0. The first-order valence-electron chi connectivity index (χ1n) is 9.77. The van der Waals surface area contributed by atoms with E-state index < -0.39 is 0 Å². The zero-order valence-corrected chi connectivity index (χ0v) is 21.2. The topological polar surface area (TPSA) is 39.4 Å². The van der Waals surface area contributed by atoms with Gasteiger partial charge in [-0.1, -0.05) is 63.4 Å². The molecule has 0 aliphatic carbocycles. The zero-order chi connectivity index (χ0) is 22.2. The van der Waals surface area contributed by atoms with Crippen LogP contribution in [0.25, 0.3) is 39.4 Å². The fraction of sp³-hybridized carbons (Fsp3) is 0.0400. The van der Waals surface area contributed by atoms with Crippen molar-refractivity contribution in [3.8, 4) is 39.4 Å². The molecule has 0 spiro atoms. The molecule has 5 aromatic rings. The number of rotatable bonds is 4. The van der Waals surface area contributed by atoms with Crippen molar-refractivity contribution < 1.29 is 4.74 Å². The van der Waals surface area contributed by atoms with Crippen molar-refractivity contribution in [2.75, 3.05) is 7.11 Å². The summed E-state index contributed by atoms with van der Waals surface area (Å²) < 4.78 is 8.25. The molecule has 0 radical (unpaired) electrons. The quantitative estimate of drug-likeness (QED) is 0.222. The molecule has 33 heavy (non-hydrogen) atoms. The highest BCUT2D eigenvalue weighted by Gasteiger charge is 2.19. The van der Waals surface area contributed by atoms with Gasteiger partial charge in [0.2, 0.25) is 5.78 Å². The number of hydrogen-bond acceptors (Lipinski definition) is 3. The van der Waals surface area contributed by atoms with Gasteiger partial charge in [0.15, 0.2) is 0 Å². The van der Waals surface area contributed by atoms with Crippen LogP contribution in [-0.2, 0) is 0 Å². The first-order chi connectivity index (χ1) is 15.5. The fourth-order valence-electron chi connectivity index (χ4n) is 3.61. The SMILES string of the molecule is COc1ccc(-c2cnc3nc(-c4ccc(Br)cc4)c(-c4ccc(Cl)cc4Cl)n3c2)cc1.Cl. The lowest BCUT2D eigenvalue weighted by Crippen LogP contribution is -1.94. The minimum Gasteiger partial charge on any atom is -0.497 e. The van der Waals surface area contributed by atoms with Gasteiger partial charge in [0.25, 0.3) is 0 Å². The Morgan fingerprint density at radius 2 is 1.58 bits per heavy atom. The molecule has 0 fully saturated rings. The van der Waals surface area contributed by atoms with Gasteiger partial charge >= 0.3 is 0 Å². The van der Waals surface area contributed by atoms with Crippen LogP contribution in [0.2, 0.25) is 10.0 Å². The van der Waals surface area contributed by atoms with Gasteiger partial charge in [0, 0.05) is 38.6 Å². The van der Waals surface area contributed by atoms with Crippen LogP contribution in [0.3, 0.4) is 0 Å².